The Morgan fingerprint density at radius 1 is 1.43 bits per heavy atom. The number of alkyl halides is 1. The van der Waals surface area contributed by atoms with Crippen molar-refractivity contribution in [3.05, 3.63) is 0 Å². The fourth-order valence-electron chi connectivity index (χ4n) is 0.584. The molecule has 84 valence electrons. The lowest BCUT2D eigenvalue weighted by Crippen LogP contribution is -2.44. The molecule has 0 rings (SSSR count). The molecule has 0 aliphatic heterocycles. The van der Waals surface area contributed by atoms with Gasteiger partial charge in [0.1, 0.15) is 0 Å². The van der Waals surface area contributed by atoms with Crippen molar-refractivity contribution in [2.75, 3.05) is 5.50 Å². The molecule has 0 aromatic heterocycles. The predicted molar refractivity (Wildman–Crippen MR) is 56.0 cm³/mol. The lowest BCUT2D eigenvalue weighted by atomic mass is 10.2. The third-order valence-corrected chi connectivity index (χ3v) is 4.17. The molecule has 1 unspecified atom stereocenters. The average Bonchev–Trinajstić information content (AvgIpc) is 1.99. The van der Waals surface area contributed by atoms with Crippen molar-refractivity contribution in [1.29, 1.82) is 0 Å². The molecule has 0 aromatic rings. The fourth-order valence-corrected chi connectivity index (χ4v) is 2.05. The zero-order valence-corrected chi connectivity index (χ0v) is 11.0. The van der Waals surface area contributed by atoms with Crippen molar-refractivity contribution in [1.82, 2.24) is 0 Å². The topological polar surface area (TPSA) is 44.8 Å². The zero-order valence-electron chi connectivity index (χ0n) is 9.22. The maximum atomic E-state index is 10.8. The van der Waals surface area contributed by atoms with E-state index < -0.39 is 20.1 Å². The highest BCUT2D eigenvalue weighted by Gasteiger charge is 2.37. The van der Waals surface area contributed by atoms with E-state index in [2.05, 4.69) is 0 Å². The van der Waals surface area contributed by atoms with E-state index in [1.165, 1.54) is 6.92 Å². The van der Waals surface area contributed by atoms with Crippen LogP contribution in [-0.4, -0.2) is 25.6 Å². The Kier molecular flexibility index (Phi) is 5.07. The second kappa shape index (κ2) is 5.11. The SMILES string of the molecule is CC(=O)O[Si](C)(CCl)OOC(C)(C)C. The van der Waals surface area contributed by atoms with Crippen molar-refractivity contribution < 1.29 is 18.7 Å². The maximum absolute atomic E-state index is 10.8. The second-order valence-electron chi connectivity index (χ2n) is 4.14. The predicted octanol–water partition coefficient (Wildman–Crippen LogP) is 2.15. The van der Waals surface area contributed by atoms with Gasteiger partial charge in [-0.3, -0.25) is 4.79 Å². The van der Waals surface area contributed by atoms with Gasteiger partial charge in [0.2, 0.25) is 0 Å². The Labute approximate surface area is 90.7 Å². The van der Waals surface area contributed by atoms with Gasteiger partial charge in [-0.1, -0.05) is 0 Å². The molecule has 0 fully saturated rings. The molecule has 0 saturated carbocycles. The van der Waals surface area contributed by atoms with Crippen LogP contribution in [0.2, 0.25) is 6.55 Å². The largest absolute Gasteiger partial charge is 0.492 e. The van der Waals surface area contributed by atoms with Crippen LogP contribution in [0.4, 0.5) is 0 Å². The first kappa shape index (κ1) is 13.9. The first-order valence-electron chi connectivity index (χ1n) is 4.31. The van der Waals surface area contributed by atoms with Crippen molar-refractivity contribution in [3.63, 3.8) is 0 Å². The molecular formula is C8H17ClO4Si. The molecule has 0 radical (unpaired) electrons. The van der Waals surface area contributed by atoms with Crippen LogP contribution in [0.15, 0.2) is 0 Å². The smallest absolute Gasteiger partial charge is 0.445 e. The molecule has 0 heterocycles. The summed E-state index contributed by atoms with van der Waals surface area (Å²) >= 11 is 5.66. The number of rotatable bonds is 4. The normalized spacial score (nSPS) is 16.1. The summed E-state index contributed by atoms with van der Waals surface area (Å²) in [5.41, 5.74) is -0.302. The van der Waals surface area contributed by atoms with E-state index in [0.29, 0.717) is 0 Å². The molecule has 0 aliphatic carbocycles. The quantitative estimate of drug-likeness (QED) is 0.327. The van der Waals surface area contributed by atoms with Gasteiger partial charge in [-0.05, 0) is 27.3 Å². The van der Waals surface area contributed by atoms with Crippen LogP contribution < -0.4 is 0 Å². The van der Waals surface area contributed by atoms with E-state index >= 15 is 0 Å². The van der Waals surface area contributed by atoms with Gasteiger partial charge < -0.3 is 4.43 Å². The lowest BCUT2D eigenvalue weighted by Gasteiger charge is -2.27. The highest BCUT2D eigenvalue weighted by Crippen LogP contribution is 2.16. The molecule has 0 aliphatic rings. The number of halogens is 1. The number of hydrogen-bond acceptors (Lipinski definition) is 4. The fraction of sp³-hybridized carbons (Fsp3) is 0.875. The molecule has 0 N–H and O–H groups in total. The third-order valence-electron chi connectivity index (χ3n) is 1.07. The molecule has 14 heavy (non-hydrogen) atoms. The van der Waals surface area contributed by atoms with Crippen LogP contribution in [0.1, 0.15) is 27.7 Å². The van der Waals surface area contributed by atoms with Crippen LogP contribution in [-0.2, 0) is 18.7 Å². The second-order valence-corrected chi connectivity index (χ2v) is 7.85. The third kappa shape index (κ3) is 6.37. The summed E-state index contributed by atoms with van der Waals surface area (Å²) < 4.78 is 10.1. The Morgan fingerprint density at radius 3 is 2.21 bits per heavy atom. The first-order chi connectivity index (χ1) is 6.18. The molecule has 0 saturated heterocycles. The van der Waals surface area contributed by atoms with Crippen molar-refractivity contribution in [3.8, 4) is 0 Å². The monoisotopic (exact) mass is 240 g/mol. The summed E-state index contributed by atoms with van der Waals surface area (Å²) in [4.78, 5) is 15.8. The summed E-state index contributed by atoms with van der Waals surface area (Å²) in [6.07, 6.45) is 0. The lowest BCUT2D eigenvalue weighted by molar-refractivity contribution is -0.293. The minimum Gasteiger partial charge on any atom is -0.492 e. The van der Waals surface area contributed by atoms with Gasteiger partial charge in [0.05, 0.1) is 11.1 Å². The van der Waals surface area contributed by atoms with Crippen LogP contribution in [0.25, 0.3) is 0 Å². The van der Waals surface area contributed by atoms with E-state index in [0.717, 1.165) is 0 Å². The molecular weight excluding hydrogens is 224 g/mol. The molecule has 0 bridgehead atoms. The van der Waals surface area contributed by atoms with Crippen LogP contribution >= 0.6 is 11.6 Å². The standard InChI is InChI=1S/C8H17ClO4Si/c1-7(10)11-14(5,6-9)13-12-8(2,3)4/h6H2,1-5H3. The van der Waals surface area contributed by atoms with E-state index in [4.69, 9.17) is 25.5 Å². The molecule has 1 atom stereocenters. The highest BCUT2D eigenvalue weighted by molar-refractivity contribution is 6.74. The van der Waals surface area contributed by atoms with Gasteiger partial charge in [0.15, 0.2) is 0 Å². The van der Waals surface area contributed by atoms with Gasteiger partial charge in [0.25, 0.3) is 5.97 Å². The Hall–Kier alpha value is -0.103. The van der Waals surface area contributed by atoms with E-state index in [-0.39, 0.29) is 5.50 Å². The van der Waals surface area contributed by atoms with Crippen LogP contribution in [0, 0.1) is 0 Å². The van der Waals surface area contributed by atoms with Gasteiger partial charge in [-0.25, -0.2) is 9.46 Å². The van der Waals surface area contributed by atoms with E-state index in [9.17, 15) is 4.79 Å². The summed E-state index contributed by atoms with van der Waals surface area (Å²) in [6.45, 7) is 8.50. The zero-order chi connectivity index (χ0) is 11.4. The van der Waals surface area contributed by atoms with Gasteiger partial charge in [-0.15, -0.1) is 11.6 Å². The average molecular weight is 241 g/mol. The molecule has 6 heteroatoms. The molecule has 0 spiro atoms. The Morgan fingerprint density at radius 2 is 1.93 bits per heavy atom. The highest BCUT2D eigenvalue weighted by atomic mass is 35.5. The number of hydrogen-bond donors (Lipinski definition) is 0. The molecule has 0 amide bonds. The molecule has 4 nitrogen and oxygen atoms in total. The van der Waals surface area contributed by atoms with E-state index in [1.807, 2.05) is 20.8 Å². The summed E-state index contributed by atoms with van der Waals surface area (Å²) in [5.74, 6) is -0.405. The Balaban J connectivity index is 4.19. The van der Waals surface area contributed by atoms with Crippen molar-refractivity contribution in [2.24, 2.45) is 0 Å². The summed E-state index contributed by atoms with van der Waals surface area (Å²) in [7, 11) is -2.70. The summed E-state index contributed by atoms with van der Waals surface area (Å²) in [6, 6.07) is 0. The number of carbonyl (C=O) groups is 1. The van der Waals surface area contributed by atoms with Crippen molar-refractivity contribution in [2.45, 2.75) is 39.8 Å². The van der Waals surface area contributed by atoms with Crippen molar-refractivity contribution >= 4 is 26.1 Å². The first-order valence-corrected chi connectivity index (χ1v) is 7.37. The minimum atomic E-state index is -2.70. The maximum Gasteiger partial charge on any atom is 0.445 e. The molecule has 0 aromatic carbocycles. The minimum absolute atomic E-state index is 0.142. The van der Waals surface area contributed by atoms with Crippen LogP contribution in [0.3, 0.4) is 0 Å². The van der Waals surface area contributed by atoms with Gasteiger partial charge >= 0.3 is 8.56 Å². The van der Waals surface area contributed by atoms with Crippen LogP contribution in [0.5, 0.6) is 0 Å². The number of carbonyl (C=O) groups excluding carboxylic acids is 1. The van der Waals surface area contributed by atoms with Gasteiger partial charge in [-0.2, -0.15) is 0 Å². The van der Waals surface area contributed by atoms with Gasteiger partial charge in [0, 0.05) is 6.92 Å². The summed E-state index contributed by atoms with van der Waals surface area (Å²) in [5, 5.41) is 0. The Bertz CT molecular complexity index is 204. The van der Waals surface area contributed by atoms with E-state index in [1.54, 1.807) is 6.55 Å².